The zero-order valence-electron chi connectivity index (χ0n) is 16.6. The molecule has 3 atom stereocenters. The third kappa shape index (κ3) is 6.83. The number of carboxylic acids is 2. The summed E-state index contributed by atoms with van der Waals surface area (Å²) >= 11 is 0. The number of unbranched alkanes of at least 4 members (excludes halogenated alkanes) is 1. The number of aryl methyl sites for hydroxylation is 1. The molecule has 1 saturated heterocycles. The van der Waals surface area contributed by atoms with Crippen LogP contribution in [0, 0.1) is 0 Å². The average molecular weight is 405 g/mol. The fourth-order valence-corrected chi connectivity index (χ4v) is 3.73. The fourth-order valence-electron chi connectivity index (χ4n) is 3.73. The minimum atomic E-state index is -1.02. The summed E-state index contributed by atoms with van der Waals surface area (Å²) in [5.74, 6) is -2.37. The van der Waals surface area contributed by atoms with Gasteiger partial charge in [0.15, 0.2) is 0 Å². The second kappa shape index (κ2) is 11.5. The molecule has 8 nitrogen and oxygen atoms in total. The molecule has 1 aromatic carbocycles. The minimum absolute atomic E-state index is 0.335. The van der Waals surface area contributed by atoms with Gasteiger partial charge in [0.05, 0.1) is 6.04 Å². The lowest BCUT2D eigenvalue weighted by Crippen LogP contribution is -2.54. The SMILES string of the molecule is NCCCC[C@H](NC(CCc1ccccc1)C(=O)O)C(=O)N1CCCC1C(=O)O. The highest BCUT2D eigenvalue weighted by Gasteiger charge is 2.38. The summed E-state index contributed by atoms with van der Waals surface area (Å²) in [5.41, 5.74) is 6.57. The molecule has 0 spiro atoms. The minimum Gasteiger partial charge on any atom is -0.480 e. The van der Waals surface area contributed by atoms with E-state index in [1.165, 1.54) is 4.90 Å². The van der Waals surface area contributed by atoms with E-state index in [0.717, 1.165) is 12.0 Å². The number of aliphatic carboxylic acids is 2. The molecule has 0 radical (unpaired) electrons. The number of benzene rings is 1. The van der Waals surface area contributed by atoms with Crippen molar-refractivity contribution >= 4 is 17.8 Å². The smallest absolute Gasteiger partial charge is 0.326 e. The second-order valence-corrected chi connectivity index (χ2v) is 7.45. The number of carbonyl (C=O) groups is 3. The number of nitrogens with zero attached hydrogens (tertiary/aromatic N) is 1. The highest BCUT2D eigenvalue weighted by molar-refractivity contribution is 5.88. The molecule has 1 amide bonds. The van der Waals surface area contributed by atoms with Crippen molar-refractivity contribution in [3.63, 3.8) is 0 Å². The van der Waals surface area contributed by atoms with E-state index in [1.54, 1.807) is 0 Å². The first-order valence-corrected chi connectivity index (χ1v) is 10.2. The van der Waals surface area contributed by atoms with Crippen LogP contribution in [0.3, 0.4) is 0 Å². The molecule has 1 heterocycles. The molecule has 5 N–H and O–H groups in total. The Labute approximate surface area is 171 Å². The number of nitrogens with one attached hydrogen (secondary N) is 1. The Bertz CT molecular complexity index is 682. The molecule has 29 heavy (non-hydrogen) atoms. The second-order valence-electron chi connectivity index (χ2n) is 7.45. The average Bonchev–Trinajstić information content (AvgIpc) is 3.20. The van der Waals surface area contributed by atoms with Gasteiger partial charge in [0.1, 0.15) is 12.1 Å². The van der Waals surface area contributed by atoms with Crippen molar-refractivity contribution in [1.82, 2.24) is 10.2 Å². The van der Waals surface area contributed by atoms with Crippen molar-refractivity contribution in [2.24, 2.45) is 5.73 Å². The summed E-state index contributed by atoms with van der Waals surface area (Å²) in [6, 6.07) is 7.10. The molecule has 0 saturated carbocycles. The van der Waals surface area contributed by atoms with E-state index in [9.17, 15) is 24.6 Å². The van der Waals surface area contributed by atoms with Gasteiger partial charge >= 0.3 is 11.9 Å². The first kappa shape index (κ1) is 22.8. The van der Waals surface area contributed by atoms with Gasteiger partial charge in [0, 0.05) is 6.54 Å². The van der Waals surface area contributed by atoms with Gasteiger partial charge in [-0.1, -0.05) is 36.8 Å². The van der Waals surface area contributed by atoms with Gasteiger partial charge in [-0.15, -0.1) is 0 Å². The van der Waals surface area contributed by atoms with Crippen LogP contribution >= 0.6 is 0 Å². The Hall–Kier alpha value is -2.45. The third-order valence-electron chi connectivity index (χ3n) is 5.33. The topological polar surface area (TPSA) is 133 Å². The Morgan fingerprint density at radius 2 is 1.83 bits per heavy atom. The zero-order chi connectivity index (χ0) is 21.2. The zero-order valence-corrected chi connectivity index (χ0v) is 16.6. The van der Waals surface area contributed by atoms with Gasteiger partial charge in [-0.3, -0.25) is 14.9 Å². The summed E-state index contributed by atoms with van der Waals surface area (Å²) in [6.07, 6.45) is 3.76. The van der Waals surface area contributed by atoms with Gasteiger partial charge in [-0.25, -0.2) is 4.79 Å². The molecule has 1 aliphatic heterocycles. The largest absolute Gasteiger partial charge is 0.480 e. The quantitative estimate of drug-likeness (QED) is 0.384. The molecule has 0 bridgehead atoms. The van der Waals surface area contributed by atoms with Crippen LogP contribution in [0.1, 0.15) is 44.1 Å². The Kier molecular flexibility index (Phi) is 9.08. The van der Waals surface area contributed by atoms with Crippen LogP contribution in [-0.2, 0) is 20.8 Å². The number of carbonyl (C=O) groups excluding carboxylic acids is 1. The van der Waals surface area contributed by atoms with Crippen LogP contribution < -0.4 is 11.1 Å². The van der Waals surface area contributed by atoms with E-state index in [0.29, 0.717) is 51.6 Å². The predicted molar refractivity (Wildman–Crippen MR) is 108 cm³/mol. The predicted octanol–water partition coefficient (Wildman–Crippen LogP) is 1.24. The third-order valence-corrected chi connectivity index (χ3v) is 5.33. The lowest BCUT2D eigenvalue weighted by atomic mass is 10.0. The van der Waals surface area contributed by atoms with E-state index < -0.39 is 30.1 Å². The molecule has 160 valence electrons. The van der Waals surface area contributed by atoms with Crippen LogP contribution in [-0.4, -0.2) is 64.2 Å². The van der Waals surface area contributed by atoms with Crippen LogP contribution in [0.25, 0.3) is 0 Å². The summed E-state index contributed by atoms with van der Waals surface area (Å²) in [5, 5.41) is 22.0. The highest BCUT2D eigenvalue weighted by atomic mass is 16.4. The Morgan fingerprint density at radius 1 is 1.10 bits per heavy atom. The van der Waals surface area contributed by atoms with Crippen molar-refractivity contribution in [2.75, 3.05) is 13.1 Å². The molecule has 2 unspecified atom stereocenters. The molecule has 2 rings (SSSR count). The lowest BCUT2D eigenvalue weighted by molar-refractivity contribution is -0.149. The Balaban J connectivity index is 2.08. The van der Waals surface area contributed by atoms with Gasteiger partial charge in [0.25, 0.3) is 0 Å². The van der Waals surface area contributed by atoms with Gasteiger partial charge in [-0.2, -0.15) is 0 Å². The maximum atomic E-state index is 13.1. The van der Waals surface area contributed by atoms with Gasteiger partial charge < -0.3 is 20.8 Å². The van der Waals surface area contributed by atoms with E-state index in [4.69, 9.17) is 5.73 Å². The summed E-state index contributed by atoms with van der Waals surface area (Å²) in [4.78, 5) is 37.7. The van der Waals surface area contributed by atoms with Crippen molar-refractivity contribution < 1.29 is 24.6 Å². The number of carboxylic acid groups (broad SMARTS) is 2. The number of likely N-dealkylation sites (tertiary alicyclic amines) is 1. The normalized spacial score (nSPS) is 18.4. The first-order chi connectivity index (χ1) is 13.9. The maximum absolute atomic E-state index is 13.1. The van der Waals surface area contributed by atoms with Crippen LogP contribution in [0.15, 0.2) is 30.3 Å². The number of rotatable bonds is 12. The maximum Gasteiger partial charge on any atom is 0.326 e. The summed E-state index contributed by atoms with van der Waals surface area (Å²) in [6.45, 7) is 0.866. The molecule has 0 aromatic heterocycles. The van der Waals surface area contributed by atoms with Crippen LogP contribution in [0.2, 0.25) is 0 Å². The van der Waals surface area contributed by atoms with Crippen LogP contribution in [0.5, 0.6) is 0 Å². The molecular weight excluding hydrogens is 374 g/mol. The number of amides is 1. The van der Waals surface area contributed by atoms with E-state index in [1.807, 2.05) is 30.3 Å². The van der Waals surface area contributed by atoms with Crippen LogP contribution in [0.4, 0.5) is 0 Å². The monoisotopic (exact) mass is 405 g/mol. The molecule has 1 fully saturated rings. The Morgan fingerprint density at radius 3 is 2.45 bits per heavy atom. The highest BCUT2D eigenvalue weighted by Crippen LogP contribution is 2.20. The number of hydrogen-bond acceptors (Lipinski definition) is 5. The first-order valence-electron chi connectivity index (χ1n) is 10.2. The molecule has 0 aliphatic carbocycles. The molecule has 1 aliphatic rings. The van der Waals surface area contributed by atoms with E-state index >= 15 is 0 Å². The van der Waals surface area contributed by atoms with E-state index in [-0.39, 0.29) is 5.91 Å². The summed E-state index contributed by atoms with van der Waals surface area (Å²) in [7, 11) is 0. The standard InChI is InChI=1S/C21H31N3O5/c22-13-5-4-9-16(19(25)24-14-6-10-18(24)21(28)29)23-17(20(26)27)12-11-15-7-2-1-3-8-15/h1-3,7-8,16-18,23H,4-6,9-14,22H2,(H,26,27)(H,28,29)/t16-,17?,18?/m0/s1. The van der Waals surface area contributed by atoms with Gasteiger partial charge in [0.2, 0.25) is 5.91 Å². The summed E-state index contributed by atoms with van der Waals surface area (Å²) < 4.78 is 0. The van der Waals surface area contributed by atoms with E-state index in [2.05, 4.69) is 5.32 Å². The van der Waals surface area contributed by atoms with Crippen molar-refractivity contribution in [2.45, 2.75) is 63.1 Å². The van der Waals surface area contributed by atoms with Gasteiger partial charge in [-0.05, 0) is 50.6 Å². The lowest BCUT2D eigenvalue weighted by Gasteiger charge is -2.29. The van der Waals surface area contributed by atoms with Crippen molar-refractivity contribution in [3.05, 3.63) is 35.9 Å². The molecule has 8 heteroatoms. The molecular formula is C21H31N3O5. The number of hydrogen-bond donors (Lipinski definition) is 4. The molecule has 1 aromatic rings. The van der Waals surface area contributed by atoms with Crippen molar-refractivity contribution in [1.29, 1.82) is 0 Å². The number of nitrogens with two attached hydrogens (primary N) is 1. The fraction of sp³-hybridized carbons (Fsp3) is 0.571. The van der Waals surface area contributed by atoms with Crippen molar-refractivity contribution in [3.8, 4) is 0 Å².